The van der Waals surface area contributed by atoms with Gasteiger partial charge in [0.1, 0.15) is 0 Å². The Balaban J connectivity index is 1.93. The molecule has 2 rings (SSSR count). The van der Waals surface area contributed by atoms with Crippen molar-refractivity contribution in [1.29, 1.82) is 0 Å². The molecule has 0 aliphatic heterocycles. The van der Waals surface area contributed by atoms with Crippen molar-refractivity contribution in [3.8, 4) is 0 Å². The topological polar surface area (TPSA) is 0 Å². The minimum Gasteiger partial charge on any atom is -0.0914 e. The summed E-state index contributed by atoms with van der Waals surface area (Å²) in [4.78, 5) is 0. The fourth-order valence-corrected chi connectivity index (χ4v) is 2.61. The molecule has 0 bridgehead atoms. The minimum atomic E-state index is 0.940. The summed E-state index contributed by atoms with van der Waals surface area (Å²) in [5.74, 6) is 3.01. The van der Waals surface area contributed by atoms with Gasteiger partial charge in [-0.2, -0.15) is 0 Å². The van der Waals surface area contributed by atoms with Crippen molar-refractivity contribution in [2.45, 2.75) is 32.6 Å². The van der Waals surface area contributed by atoms with Crippen molar-refractivity contribution < 1.29 is 0 Å². The van der Waals surface area contributed by atoms with Gasteiger partial charge in [0.25, 0.3) is 0 Å². The molecule has 0 nitrogen and oxygen atoms in total. The first-order valence-electron chi connectivity index (χ1n) is 5.21. The molecule has 2 aliphatic rings. The highest BCUT2D eigenvalue weighted by Gasteiger charge is 2.46. The monoisotopic (exact) mass is 162 g/mol. The van der Waals surface area contributed by atoms with Gasteiger partial charge in [-0.05, 0) is 50.4 Å². The average Bonchev–Trinajstić information content (AvgIpc) is 2.61. The number of rotatable bonds is 1. The van der Waals surface area contributed by atoms with E-state index >= 15 is 0 Å². The highest BCUT2D eigenvalue weighted by Crippen LogP contribution is 2.53. The van der Waals surface area contributed by atoms with E-state index in [2.05, 4.69) is 31.2 Å². The van der Waals surface area contributed by atoms with Crippen LogP contribution in [0.4, 0.5) is 0 Å². The van der Waals surface area contributed by atoms with Gasteiger partial charge < -0.3 is 0 Å². The van der Waals surface area contributed by atoms with E-state index < -0.39 is 0 Å². The molecule has 1 saturated carbocycles. The second kappa shape index (κ2) is 3.47. The summed E-state index contributed by atoms with van der Waals surface area (Å²) < 4.78 is 0. The van der Waals surface area contributed by atoms with Crippen molar-refractivity contribution in [2.24, 2.45) is 17.8 Å². The highest BCUT2D eigenvalue weighted by atomic mass is 14.5. The maximum absolute atomic E-state index is 2.42. The summed E-state index contributed by atoms with van der Waals surface area (Å²) in [6, 6.07) is 0. The van der Waals surface area contributed by atoms with E-state index in [-0.39, 0.29) is 0 Å². The van der Waals surface area contributed by atoms with Crippen molar-refractivity contribution in [1.82, 2.24) is 0 Å². The lowest BCUT2D eigenvalue weighted by Gasteiger charge is -1.99. The van der Waals surface area contributed by atoms with Crippen LogP contribution in [-0.4, -0.2) is 0 Å². The van der Waals surface area contributed by atoms with Crippen LogP contribution in [0.2, 0.25) is 0 Å². The van der Waals surface area contributed by atoms with Crippen LogP contribution >= 0.6 is 0 Å². The molecular weight excluding hydrogens is 144 g/mol. The summed E-state index contributed by atoms with van der Waals surface area (Å²) >= 11 is 0. The number of allylic oxidation sites excluding steroid dienone is 4. The van der Waals surface area contributed by atoms with Gasteiger partial charge in [-0.15, -0.1) is 0 Å². The van der Waals surface area contributed by atoms with E-state index in [1.54, 1.807) is 0 Å². The first kappa shape index (κ1) is 8.10. The number of fused-ring (bicyclic) bond motifs is 1. The van der Waals surface area contributed by atoms with Gasteiger partial charge in [0.15, 0.2) is 0 Å². The lowest BCUT2D eigenvalue weighted by molar-refractivity contribution is 0.605. The predicted molar refractivity (Wildman–Crippen MR) is 52.9 cm³/mol. The summed E-state index contributed by atoms with van der Waals surface area (Å²) in [5, 5.41) is 0. The van der Waals surface area contributed by atoms with Gasteiger partial charge in [0.2, 0.25) is 0 Å². The molecule has 0 heterocycles. The van der Waals surface area contributed by atoms with Gasteiger partial charge in [-0.25, -0.2) is 0 Å². The Morgan fingerprint density at radius 3 is 2.17 bits per heavy atom. The molecule has 0 radical (unpaired) electrons. The van der Waals surface area contributed by atoms with Gasteiger partial charge in [-0.3, -0.25) is 0 Å². The van der Waals surface area contributed by atoms with Crippen LogP contribution in [0.1, 0.15) is 32.6 Å². The molecule has 1 fully saturated rings. The molecule has 0 amide bonds. The van der Waals surface area contributed by atoms with E-state index in [1.807, 2.05) is 0 Å². The summed E-state index contributed by atoms with van der Waals surface area (Å²) in [6.45, 7) is 2.14. The molecule has 0 heteroatoms. The predicted octanol–water partition coefficient (Wildman–Crippen LogP) is 3.55. The molecular formula is C12H18. The molecule has 0 aromatic carbocycles. The van der Waals surface area contributed by atoms with Crippen LogP contribution in [0.15, 0.2) is 24.3 Å². The van der Waals surface area contributed by atoms with Crippen molar-refractivity contribution >= 4 is 0 Å². The lowest BCUT2D eigenvalue weighted by Crippen LogP contribution is -1.85. The van der Waals surface area contributed by atoms with Crippen LogP contribution in [-0.2, 0) is 0 Å². The van der Waals surface area contributed by atoms with Gasteiger partial charge in [0, 0.05) is 0 Å². The largest absolute Gasteiger partial charge is 0.0914 e. The summed E-state index contributed by atoms with van der Waals surface area (Å²) in [5.41, 5.74) is 0. The smallest absolute Gasteiger partial charge is 0.0171 e. The molecule has 2 aliphatic carbocycles. The van der Waals surface area contributed by atoms with Crippen molar-refractivity contribution in [3.63, 3.8) is 0 Å². The van der Waals surface area contributed by atoms with E-state index in [0.29, 0.717) is 0 Å². The molecule has 2 unspecified atom stereocenters. The quantitative estimate of drug-likeness (QED) is 0.517. The van der Waals surface area contributed by atoms with Crippen LogP contribution in [0.5, 0.6) is 0 Å². The molecule has 0 N–H and O–H groups in total. The highest BCUT2D eigenvalue weighted by molar-refractivity contribution is 5.09. The Morgan fingerprint density at radius 2 is 1.67 bits per heavy atom. The fraction of sp³-hybridized carbons (Fsp3) is 0.667. The van der Waals surface area contributed by atoms with E-state index in [0.717, 1.165) is 17.8 Å². The Labute approximate surface area is 75.4 Å². The second-order valence-corrected chi connectivity index (χ2v) is 4.06. The maximum Gasteiger partial charge on any atom is -0.0171 e. The lowest BCUT2D eigenvalue weighted by atomic mass is 10.1. The van der Waals surface area contributed by atoms with Crippen LogP contribution in [0, 0.1) is 17.8 Å². The van der Waals surface area contributed by atoms with Crippen LogP contribution < -0.4 is 0 Å². The standard InChI is InChI=1S/C12H18/c1-2-7-10-11-8-5-3-4-6-9-12(10)11/h2-4,7,10-12H,5-6,8-9H2,1H3/b4-3-,7-2+. The number of hydrogen-bond acceptors (Lipinski definition) is 0. The third-order valence-corrected chi connectivity index (χ3v) is 3.31. The normalized spacial score (nSPS) is 43.2. The first-order chi connectivity index (χ1) is 5.93. The average molecular weight is 162 g/mol. The van der Waals surface area contributed by atoms with Crippen LogP contribution in [0.25, 0.3) is 0 Å². The fourth-order valence-electron chi connectivity index (χ4n) is 2.61. The van der Waals surface area contributed by atoms with Crippen LogP contribution in [0.3, 0.4) is 0 Å². The molecule has 12 heavy (non-hydrogen) atoms. The molecule has 0 aromatic rings. The molecule has 66 valence electrons. The zero-order valence-corrected chi connectivity index (χ0v) is 7.87. The Morgan fingerprint density at radius 1 is 1.08 bits per heavy atom. The van der Waals surface area contributed by atoms with Gasteiger partial charge in [0.05, 0.1) is 0 Å². The van der Waals surface area contributed by atoms with E-state index in [4.69, 9.17) is 0 Å². The SMILES string of the molecule is C/C=C/C1C2CC/C=C\CCC12. The van der Waals surface area contributed by atoms with Crippen molar-refractivity contribution in [3.05, 3.63) is 24.3 Å². The Kier molecular flexibility index (Phi) is 2.34. The number of hydrogen-bond donors (Lipinski definition) is 0. The summed E-state index contributed by atoms with van der Waals surface area (Å²) in [7, 11) is 0. The first-order valence-corrected chi connectivity index (χ1v) is 5.21. The van der Waals surface area contributed by atoms with Gasteiger partial charge in [-0.1, -0.05) is 24.3 Å². The molecule has 0 aromatic heterocycles. The third-order valence-electron chi connectivity index (χ3n) is 3.31. The second-order valence-electron chi connectivity index (χ2n) is 4.06. The molecule has 2 atom stereocenters. The Bertz CT molecular complexity index is 184. The van der Waals surface area contributed by atoms with E-state index in [9.17, 15) is 0 Å². The van der Waals surface area contributed by atoms with Gasteiger partial charge >= 0.3 is 0 Å². The minimum absolute atomic E-state index is 0.940. The van der Waals surface area contributed by atoms with Crippen molar-refractivity contribution in [2.75, 3.05) is 0 Å². The molecule has 0 spiro atoms. The zero-order valence-electron chi connectivity index (χ0n) is 7.87. The zero-order chi connectivity index (χ0) is 8.39. The maximum atomic E-state index is 2.42. The molecule has 0 saturated heterocycles. The summed E-state index contributed by atoms with van der Waals surface area (Å²) in [6.07, 6.45) is 14.9. The third kappa shape index (κ3) is 1.48. The van der Waals surface area contributed by atoms with E-state index in [1.165, 1.54) is 25.7 Å². The Hall–Kier alpha value is -0.520.